The van der Waals surface area contributed by atoms with Crippen molar-refractivity contribution < 1.29 is 23.9 Å². The second-order valence-corrected chi connectivity index (χ2v) is 9.16. The molecule has 0 radical (unpaired) electrons. The number of nitrogens with zero attached hydrogens (tertiary/aromatic N) is 3. The Morgan fingerprint density at radius 2 is 1.75 bits per heavy atom. The highest BCUT2D eigenvalue weighted by Crippen LogP contribution is 2.34. The zero-order valence-corrected chi connectivity index (χ0v) is 19.4. The minimum atomic E-state index is -0.681. The number of rotatable bonds is 6. The van der Waals surface area contributed by atoms with Crippen molar-refractivity contribution in [2.24, 2.45) is 11.0 Å². The van der Waals surface area contributed by atoms with Crippen LogP contribution in [0.15, 0.2) is 29.4 Å². The number of hydrogen-bond donors (Lipinski definition) is 0. The van der Waals surface area contributed by atoms with E-state index in [1.807, 2.05) is 24.3 Å². The Labute approximate surface area is 189 Å². The van der Waals surface area contributed by atoms with Crippen molar-refractivity contribution in [1.29, 1.82) is 0 Å². The van der Waals surface area contributed by atoms with Gasteiger partial charge in [-0.1, -0.05) is 37.5 Å². The van der Waals surface area contributed by atoms with E-state index in [2.05, 4.69) is 5.10 Å². The molecule has 0 N–H and O–H groups in total. The van der Waals surface area contributed by atoms with Crippen LogP contribution in [0.2, 0.25) is 0 Å². The second-order valence-electron chi connectivity index (χ2n) is 9.16. The summed E-state index contributed by atoms with van der Waals surface area (Å²) in [5, 5.41) is 5.81. The Morgan fingerprint density at radius 1 is 1.06 bits per heavy atom. The fourth-order valence-corrected chi connectivity index (χ4v) is 4.16. The van der Waals surface area contributed by atoms with Crippen LogP contribution in [0, 0.1) is 5.92 Å². The lowest BCUT2D eigenvalue weighted by Crippen LogP contribution is -2.46. The number of para-hydroxylation sites is 1. The number of ether oxygens (including phenoxy) is 2. The molecule has 1 aliphatic carbocycles. The molecule has 1 fully saturated rings. The van der Waals surface area contributed by atoms with Gasteiger partial charge in [0, 0.05) is 11.5 Å². The largest absolute Gasteiger partial charge is 0.465 e. The number of anilines is 1. The first kappa shape index (κ1) is 23.8. The maximum Gasteiger partial charge on any atom is 0.346 e. The molecule has 0 atom stereocenters. The Kier molecular flexibility index (Phi) is 7.53. The third-order valence-corrected chi connectivity index (χ3v) is 5.43. The van der Waals surface area contributed by atoms with Crippen molar-refractivity contribution in [1.82, 2.24) is 5.01 Å². The van der Waals surface area contributed by atoms with Crippen molar-refractivity contribution in [2.75, 3.05) is 24.6 Å². The monoisotopic (exact) mass is 443 g/mol. The van der Waals surface area contributed by atoms with Gasteiger partial charge in [0.1, 0.15) is 18.7 Å². The Morgan fingerprint density at radius 3 is 2.41 bits per heavy atom. The number of esters is 2. The molecule has 3 rings (SSSR count). The molecule has 0 bridgehead atoms. The number of carbonyl (C=O) groups is 3. The highest BCUT2D eigenvalue weighted by Gasteiger charge is 2.35. The average Bonchev–Trinajstić information content (AvgIpc) is 2.84. The van der Waals surface area contributed by atoms with Gasteiger partial charge in [-0.15, -0.1) is 0 Å². The minimum Gasteiger partial charge on any atom is -0.465 e. The molecule has 0 aromatic heterocycles. The lowest BCUT2D eigenvalue weighted by Gasteiger charge is -2.27. The number of fused-ring (bicyclic) bond motifs is 1. The van der Waals surface area contributed by atoms with Gasteiger partial charge in [-0.2, -0.15) is 5.10 Å². The molecule has 0 saturated heterocycles. The molecule has 1 saturated carbocycles. The van der Waals surface area contributed by atoms with Gasteiger partial charge in [-0.3, -0.25) is 14.5 Å². The smallest absolute Gasteiger partial charge is 0.346 e. The summed E-state index contributed by atoms with van der Waals surface area (Å²) in [5.41, 5.74) is 1.51. The summed E-state index contributed by atoms with van der Waals surface area (Å²) in [6, 6.07) is 6.90. The van der Waals surface area contributed by atoms with Crippen molar-refractivity contribution in [3.8, 4) is 0 Å². The standard InChI is InChI=1S/C24H33N3O5/c1-5-31-20(28)16-27-23(30)26(15-21(29)32-24(2,3)4)19-14-10-9-13-18(19)22(25-27)17-11-7-6-8-12-17/h9-10,13-14,17H,5-8,11-12,15-16H2,1-4H3. The summed E-state index contributed by atoms with van der Waals surface area (Å²) >= 11 is 0. The van der Waals surface area contributed by atoms with E-state index >= 15 is 0 Å². The second kappa shape index (κ2) is 10.1. The fraction of sp³-hybridized carbons (Fsp3) is 0.583. The minimum absolute atomic E-state index is 0.184. The van der Waals surface area contributed by atoms with E-state index in [1.165, 1.54) is 11.3 Å². The highest BCUT2D eigenvalue weighted by molar-refractivity contribution is 6.12. The Bertz CT molecular complexity index is 884. The molecule has 8 nitrogen and oxygen atoms in total. The maximum atomic E-state index is 13.5. The van der Waals surface area contributed by atoms with E-state index in [1.54, 1.807) is 27.7 Å². The first-order chi connectivity index (χ1) is 15.2. The van der Waals surface area contributed by atoms with Gasteiger partial charge >= 0.3 is 18.0 Å². The molecule has 32 heavy (non-hydrogen) atoms. The highest BCUT2D eigenvalue weighted by atomic mass is 16.6. The van der Waals surface area contributed by atoms with Crippen LogP contribution in [0.25, 0.3) is 0 Å². The lowest BCUT2D eigenvalue weighted by molar-refractivity contribution is -0.152. The summed E-state index contributed by atoms with van der Waals surface area (Å²) in [6.07, 6.45) is 5.32. The van der Waals surface area contributed by atoms with Gasteiger partial charge < -0.3 is 9.47 Å². The van der Waals surface area contributed by atoms with E-state index in [-0.39, 0.29) is 25.6 Å². The number of carbonyl (C=O) groups excluding carboxylic acids is 3. The van der Waals surface area contributed by atoms with Crippen molar-refractivity contribution >= 4 is 29.4 Å². The molecular formula is C24H33N3O5. The van der Waals surface area contributed by atoms with Crippen LogP contribution >= 0.6 is 0 Å². The molecule has 174 valence electrons. The summed E-state index contributed by atoms with van der Waals surface area (Å²) < 4.78 is 10.5. The number of hydrazone groups is 1. The van der Waals surface area contributed by atoms with Crippen LogP contribution in [0.1, 0.15) is 65.4 Å². The zero-order valence-electron chi connectivity index (χ0n) is 19.4. The molecule has 0 unspecified atom stereocenters. The quantitative estimate of drug-likeness (QED) is 0.617. The maximum absolute atomic E-state index is 13.5. The van der Waals surface area contributed by atoms with Crippen LogP contribution in [-0.4, -0.2) is 54.0 Å². The van der Waals surface area contributed by atoms with E-state index in [0.29, 0.717) is 5.69 Å². The normalized spacial score (nSPS) is 17.4. The van der Waals surface area contributed by atoms with Crippen molar-refractivity contribution in [3.05, 3.63) is 29.8 Å². The zero-order chi connectivity index (χ0) is 23.3. The summed E-state index contributed by atoms with van der Waals surface area (Å²) in [7, 11) is 0. The molecule has 1 aliphatic heterocycles. The van der Waals surface area contributed by atoms with E-state index in [0.717, 1.165) is 42.0 Å². The summed E-state index contributed by atoms with van der Waals surface area (Å²) in [5.74, 6) is -0.891. The van der Waals surface area contributed by atoms with Gasteiger partial charge in [0.25, 0.3) is 0 Å². The van der Waals surface area contributed by atoms with Gasteiger partial charge in [-0.25, -0.2) is 9.80 Å². The molecule has 1 heterocycles. The van der Waals surface area contributed by atoms with Crippen molar-refractivity contribution in [2.45, 2.75) is 65.4 Å². The number of hydrogen-bond acceptors (Lipinski definition) is 6. The number of urea groups is 1. The molecule has 1 aromatic carbocycles. The fourth-order valence-electron chi connectivity index (χ4n) is 4.16. The Balaban J connectivity index is 2.02. The molecule has 2 amide bonds. The van der Waals surface area contributed by atoms with Crippen LogP contribution in [0.5, 0.6) is 0 Å². The van der Waals surface area contributed by atoms with Gasteiger partial charge in [0.15, 0.2) is 0 Å². The number of benzene rings is 1. The van der Waals surface area contributed by atoms with Crippen LogP contribution in [0.4, 0.5) is 10.5 Å². The Hall–Kier alpha value is -2.90. The molecule has 1 aromatic rings. The third-order valence-electron chi connectivity index (χ3n) is 5.43. The van der Waals surface area contributed by atoms with Crippen LogP contribution in [-0.2, 0) is 19.1 Å². The first-order valence-corrected chi connectivity index (χ1v) is 11.3. The van der Waals surface area contributed by atoms with E-state index in [4.69, 9.17) is 9.47 Å². The number of amides is 2. The van der Waals surface area contributed by atoms with Crippen LogP contribution < -0.4 is 4.90 Å². The van der Waals surface area contributed by atoms with E-state index in [9.17, 15) is 14.4 Å². The van der Waals surface area contributed by atoms with Crippen LogP contribution in [0.3, 0.4) is 0 Å². The predicted octanol–water partition coefficient (Wildman–Crippen LogP) is 4.12. The van der Waals surface area contributed by atoms with Crippen molar-refractivity contribution in [3.63, 3.8) is 0 Å². The van der Waals surface area contributed by atoms with E-state index < -0.39 is 23.6 Å². The third kappa shape index (κ3) is 5.87. The summed E-state index contributed by atoms with van der Waals surface area (Å²) in [4.78, 5) is 39.7. The molecule has 8 heteroatoms. The molecular weight excluding hydrogens is 410 g/mol. The van der Waals surface area contributed by atoms with Gasteiger partial charge in [0.05, 0.1) is 18.0 Å². The first-order valence-electron chi connectivity index (χ1n) is 11.3. The topological polar surface area (TPSA) is 88.5 Å². The lowest BCUT2D eigenvalue weighted by atomic mass is 9.83. The van der Waals surface area contributed by atoms with Gasteiger partial charge in [0.2, 0.25) is 0 Å². The molecule has 0 spiro atoms. The predicted molar refractivity (Wildman–Crippen MR) is 121 cm³/mol. The van der Waals surface area contributed by atoms with Gasteiger partial charge in [-0.05, 0) is 46.6 Å². The SMILES string of the molecule is CCOC(=O)CN1N=C(C2CCCCC2)c2ccccc2N(CC(=O)OC(C)(C)C)C1=O. The molecule has 2 aliphatic rings. The summed E-state index contributed by atoms with van der Waals surface area (Å²) in [6.45, 7) is 6.66. The average molecular weight is 444 g/mol.